The molecule has 7 heteroatoms. The molecule has 1 N–H and O–H groups in total. The second-order valence-corrected chi connectivity index (χ2v) is 8.21. The predicted molar refractivity (Wildman–Crippen MR) is 131 cm³/mol. The van der Waals surface area contributed by atoms with Crippen LogP contribution in [0, 0.1) is 0 Å². The smallest absolute Gasteiger partial charge is 0.204 e. The van der Waals surface area contributed by atoms with Crippen LogP contribution in [0.3, 0.4) is 0 Å². The molecule has 3 aromatic carbocycles. The van der Waals surface area contributed by atoms with Crippen LogP contribution >= 0.6 is 11.3 Å². The van der Waals surface area contributed by atoms with Crippen LogP contribution in [0.2, 0.25) is 0 Å². The monoisotopic (exact) mass is 442 g/mol. The van der Waals surface area contributed by atoms with Crippen molar-refractivity contribution in [1.29, 1.82) is 0 Å². The summed E-state index contributed by atoms with van der Waals surface area (Å²) in [4.78, 5) is 4.56. The summed E-state index contributed by atoms with van der Waals surface area (Å²) in [6.45, 7) is 1.27. The number of nitrogens with one attached hydrogen (secondary N) is 1. The number of hydrazone groups is 1. The Balaban J connectivity index is 1.30. The third kappa shape index (κ3) is 4.29. The molecule has 5 rings (SSSR count). The summed E-state index contributed by atoms with van der Waals surface area (Å²) < 4.78 is 14.5. The van der Waals surface area contributed by atoms with Crippen LogP contribution in [-0.2, 0) is 6.54 Å². The molecule has 0 spiro atoms. The van der Waals surface area contributed by atoms with Crippen molar-refractivity contribution in [3.05, 3.63) is 84.6 Å². The van der Waals surface area contributed by atoms with Crippen LogP contribution in [0.5, 0.6) is 11.5 Å². The van der Waals surface area contributed by atoms with Crippen molar-refractivity contribution >= 4 is 43.8 Å². The van der Waals surface area contributed by atoms with Crippen LogP contribution in [-0.4, -0.2) is 29.5 Å². The SMILES string of the molecule is COc1cccc(OCCn2cc(C=NNc3nc4ccccc4s3)c3ccccc32)c1. The lowest BCUT2D eigenvalue weighted by atomic mass is 10.2. The molecule has 0 aliphatic rings. The van der Waals surface area contributed by atoms with E-state index in [0.717, 1.165) is 49.9 Å². The Morgan fingerprint density at radius 2 is 1.88 bits per heavy atom. The van der Waals surface area contributed by atoms with E-state index in [1.165, 1.54) is 0 Å². The minimum absolute atomic E-state index is 0.548. The molecule has 2 aromatic heterocycles. The maximum atomic E-state index is 5.92. The first-order valence-corrected chi connectivity index (χ1v) is 11.1. The Hall–Kier alpha value is -3.84. The first kappa shape index (κ1) is 20.1. The van der Waals surface area contributed by atoms with Crippen molar-refractivity contribution in [2.24, 2.45) is 5.10 Å². The van der Waals surface area contributed by atoms with Gasteiger partial charge in [-0.2, -0.15) is 5.10 Å². The fourth-order valence-corrected chi connectivity index (χ4v) is 4.41. The number of hydrogen-bond donors (Lipinski definition) is 1. The lowest BCUT2D eigenvalue weighted by Gasteiger charge is -2.09. The molecule has 6 nitrogen and oxygen atoms in total. The van der Waals surface area contributed by atoms with Crippen molar-refractivity contribution in [1.82, 2.24) is 9.55 Å². The van der Waals surface area contributed by atoms with Crippen LogP contribution in [0.25, 0.3) is 21.1 Å². The average molecular weight is 443 g/mol. The molecule has 0 radical (unpaired) electrons. The van der Waals surface area contributed by atoms with Crippen molar-refractivity contribution in [2.45, 2.75) is 6.54 Å². The number of para-hydroxylation sites is 2. The third-order valence-electron chi connectivity index (χ3n) is 5.12. The van der Waals surface area contributed by atoms with Gasteiger partial charge in [-0.25, -0.2) is 4.98 Å². The highest BCUT2D eigenvalue weighted by molar-refractivity contribution is 7.22. The number of ether oxygens (including phenoxy) is 2. The zero-order chi connectivity index (χ0) is 21.8. The van der Waals surface area contributed by atoms with Gasteiger partial charge in [-0.15, -0.1) is 0 Å². The highest BCUT2D eigenvalue weighted by atomic mass is 32.1. The predicted octanol–water partition coefficient (Wildman–Crippen LogP) is 5.78. The highest BCUT2D eigenvalue weighted by Crippen LogP contribution is 2.26. The first-order valence-electron chi connectivity index (χ1n) is 10.3. The van der Waals surface area contributed by atoms with E-state index in [4.69, 9.17) is 9.47 Å². The van der Waals surface area contributed by atoms with Crippen molar-refractivity contribution in [3.63, 3.8) is 0 Å². The molecule has 0 aliphatic carbocycles. The standard InChI is InChI=1S/C25H22N4O2S/c1-30-19-7-6-8-20(15-19)31-14-13-29-17-18(21-9-2-4-11-23(21)29)16-26-28-25-27-22-10-3-5-12-24(22)32-25/h2-12,15-17H,13-14H2,1H3,(H,27,28). The Morgan fingerprint density at radius 1 is 1.03 bits per heavy atom. The molecule has 32 heavy (non-hydrogen) atoms. The Kier molecular flexibility index (Phi) is 5.72. The second kappa shape index (κ2) is 9.11. The van der Waals surface area contributed by atoms with Gasteiger partial charge in [0, 0.05) is 28.7 Å². The van der Waals surface area contributed by atoms with Crippen molar-refractivity contribution in [3.8, 4) is 11.5 Å². The third-order valence-corrected chi connectivity index (χ3v) is 6.06. The molecule has 5 aromatic rings. The number of nitrogens with zero attached hydrogens (tertiary/aromatic N) is 3. The van der Waals surface area contributed by atoms with Crippen LogP contribution in [0.1, 0.15) is 5.56 Å². The van der Waals surface area contributed by atoms with Gasteiger partial charge < -0.3 is 14.0 Å². The largest absolute Gasteiger partial charge is 0.497 e. The lowest BCUT2D eigenvalue weighted by Crippen LogP contribution is -2.07. The molecule has 0 aliphatic heterocycles. The zero-order valence-corrected chi connectivity index (χ0v) is 18.4. The quantitative estimate of drug-likeness (QED) is 0.244. The second-order valence-electron chi connectivity index (χ2n) is 7.18. The van der Waals surface area contributed by atoms with E-state index in [-0.39, 0.29) is 0 Å². The van der Waals surface area contributed by atoms with Crippen LogP contribution < -0.4 is 14.9 Å². The topological polar surface area (TPSA) is 60.7 Å². The van der Waals surface area contributed by atoms with Crippen molar-refractivity contribution < 1.29 is 9.47 Å². The first-order chi connectivity index (χ1) is 15.8. The summed E-state index contributed by atoms with van der Waals surface area (Å²) in [7, 11) is 1.65. The molecule has 0 saturated heterocycles. The zero-order valence-electron chi connectivity index (χ0n) is 17.6. The summed E-state index contributed by atoms with van der Waals surface area (Å²) in [5.41, 5.74) is 6.22. The maximum Gasteiger partial charge on any atom is 0.204 e. The minimum atomic E-state index is 0.548. The van der Waals surface area contributed by atoms with Crippen LogP contribution in [0.4, 0.5) is 5.13 Å². The fourth-order valence-electron chi connectivity index (χ4n) is 3.59. The average Bonchev–Trinajstić information content (AvgIpc) is 3.41. The van der Waals surface area contributed by atoms with Crippen molar-refractivity contribution in [2.75, 3.05) is 19.1 Å². The summed E-state index contributed by atoms with van der Waals surface area (Å²) in [5, 5.41) is 6.35. The van der Waals surface area contributed by atoms with E-state index in [1.807, 2.05) is 60.8 Å². The highest BCUT2D eigenvalue weighted by Gasteiger charge is 2.07. The molecule has 160 valence electrons. The Labute approximate surface area is 189 Å². The van der Waals surface area contributed by atoms with Gasteiger partial charge in [0.05, 0.1) is 30.1 Å². The lowest BCUT2D eigenvalue weighted by molar-refractivity contribution is 0.298. The van der Waals surface area contributed by atoms with Gasteiger partial charge in [-0.3, -0.25) is 5.43 Å². The summed E-state index contributed by atoms with van der Waals surface area (Å²) >= 11 is 1.59. The van der Waals surface area contributed by atoms with E-state index in [9.17, 15) is 0 Å². The van der Waals surface area contributed by atoms with Gasteiger partial charge in [0.1, 0.15) is 18.1 Å². The van der Waals surface area contributed by atoms with E-state index in [1.54, 1.807) is 18.4 Å². The van der Waals surface area contributed by atoms with Gasteiger partial charge in [-0.1, -0.05) is 47.7 Å². The van der Waals surface area contributed by atoms with Crippen LogP contribution in [0.15, 0.2) is 84.1 Å². The van der Waals surface area contributed by atoms with E-state index < -0.39 is 0 Å². The number of rotatable bonds is 8. The fraction of sp³-hybridized carbons (Fsp3) is 0.120. The molecule has 0 saturated carbocycles. The Morgan fingerprint density at radius 3 is 2.78 bits per heavy atom. The summed E-state index contributed by atoms with van der Waals surface area (Å²) in [6.07, 6.45) is 3.94. The molecule has 0 bridgehead atoms. The minimum Gasteiger partial charge on any atom is -0.497 e. The molecule has 0 atom stereocenters. The number of anilines is 1. The molecule has 0 unspecified atom stereocenters. The maximum absolute atomic E-state index is 5.92. The van der Waals surface area contributed by atoms with E-state index in [2.05, 4.69) is 44.5 Å². The van der Waals surface area contributed by atoms with Gasteiger partial charge in [0.2, 0.25) is 5.13 Å². The summed E-state index contributed by atoms with van der Waals surface area (Å²) in [6, 6.07) is 24.0. The number of hydrogen-bond acceptors (Lipinski definition) is 6. The normalized spacial score (nSPS) is 11.4. The number of aromatic nitrogens is 2. The Bertz CT molecular complexity index is 1360. The molecular weight excluding hydrogens is 420 g/mol. The van der Waals surface area contributed by atoms with E-state index in [0.29, 0.717) is 6.61 Å². The number of benzene rings is 3. The molecule has 2 heterocycles. The number of thiazole rings is 1. The number of methoxy groups -OCH3 is 1. The van der Waals surface area contributed by atoms with Gasteiger partial charge >= 0.3 is 0 Å². The molecule has 0 amide bonds. The van der Waals surface area contributed by atoms with Gasteiger partial charge in [-0.05, 0) is 30.3 Å². The summed E-state index contributed by atoms with van der Waals surface area (Å²) in [5.74, 6) is 1.58. The molecule has 0 fully saturated rings. The number of fused-ring (bicyclic) bond motifs is 2. The van der Waals surface area contributed by atoms with Gasteiger partial charge in [0.15, 0.2) is 0 Å². The molecular formula is C25H22N4O2S. The van der Waals surface area contributed by atoms with Gasteiger partial charge in [0.25, 0.3) is 0 Å². The van der Waals surface area contributed by atoms with E-state index >= 15 is 0 Å².